The van der Waals surface area contributed by atoms with E-state index < -0.39 is 16.9 Å². The van der Waals surface area contributed by atoms with Crippen molar-refractivity contribution in [2.45, 2.75) is 52.2 Å². The third kappa shape index (κ3) is 2.74. The number of carbonyl (C=O) groups is 2. The van der Waals surface area contributed by atoms with E-state index in [1.54, 1.807) is 12.1 Å². The van der Waals surface area contributed by atoms with E-state index in [0.29, 0.717) is 18.6 Å². The number of rotatable bonds is 6. The van der Waals surface area contributed by atoms with Gasteiger partial charge in [-0.2, -0.15) is 0 Å². The lowest BCUT2D eigenvalue weighted by molar-refractivity contribution is -0.190. The van der Waals surface area contributed by atoms with Crippen molar-refractivity contribution in [3.8, 4) is 0 Å². The van der Waals surface area contributed by atoms with Crippen molar-refractivity contribution in [1.29, 1.82) is 0 Å². The normalized spacial score (nSPS) is 25.5. The van der Waals surface area contributed by atoms with Gasteiger partial charge in [0.1, 0.15) is 5.54 Å². The molecule has 1 saturated carbocycles. The summed E-state index contributed by atoms with van der Waals surface area (Å²) in [7, 11) is 0. The highest BCUT2D eigenvalue weighted by Crippen LogP contribution is 2.51. The Balaban J connectivity index is 2.28. The summed E-state index contributed by atoms with van der Waals surface area (Å²) in [6.07, 6.45) is 0.822. The van der Waals surface area contributed by atoms with Crippen LogP contribution in [0.25, 0.3) is 0 Å². The molecule has 1 aliphatic rings. The number of carboxylic acid groups (broad SMARTS) is 1. The van der Waals surface area contributed by atoms with Gasteiger partial charge < -0.3 is 15.2 Å². The van der Waals surface area contributed by atoms with Gasteiger partial charge in [-0.1, -0.05) is 39.0 Å². The summed E-state index contributed by atoms with van der Waals surface area (Å²) in [4.78, 5) is 24.6. The Morgan fingerprint density at radius 3 is 2.48 bits per heavy atom. The van der Waals surface area contributed by atoms with Crippen LogP contribution in [0.5, 0.6) is 0 Å². The van der Waals surface area contributed by atoms with Crippen molar-refractivity contribution in [3.05, 3.63) is 35.4 Å². The van der Waals surface area contributed by atoms with Gasteiger partial charge in [0.15, 0.2) is 0 Å². The summed E-state index contributed by atoms with van der Waals surface area (Å²) in [6.45, 7) is 8.04. The first-order valence-electron chi connectivity index (χ1n) is 8.05. The summed E-state index contributed by atoms with van der Waals surface area (Å²) in [5.74, 6) is -1.35. The van der Waals surface area contributed by atoms with Crippen LogP contribution in [0.15, 0.2) is 24.3 Å². The molecule has 0 saturated heterocycles. The first-order valence-corrected chi connectivity index (χ1v) is 8.05. The summed E-state index contributed by atoms with van der Waals surface area (Å²) < 4.78 is 5.62. The van der Waals surface area contributed by atoms with Crippen molar-refractivity contribution in [3.63, 3.8) is 0 Å². The molecule has 0 bridgehead atoms. The van der Waals surface area contributed by atoms with E-state index in [9.17, 15) is 14.7 Å². The number of ether oxygens (including phenoxy) is 1. The Labute approximate surface area is 137 Å². The third-order valence-corrected chi connectivity index (χ3v) is 5.10. The Morgan fingerprint density at radius 1 is 1.30 bits per heavy atom. The molecule has 0 aromatic heterocycles. The number of benzene rings is 1. The molecule has 0 radical (unpaired) electrons. The minimum absolute atomic E-state index is 0.176. The first-order chi connectivity index (χ1) is 10.8. The lowest BCUT2D eigenvalue weighted by atomic mass is 9.54. The molecule has 5 heteroatoms. The van der Waals surface area contributed by atoms with E-state index in [1.807, 2.05) is 39.8 Å². The van der Waals surface area contributed by atoms with Gasteiger partial charge in [0.25, 0.3) is 5.91 Å². The van der Waals surface area contributed by atoms with Crippen LogP contribution < -0.4 is 5.32 Å². The molecule has 1 aliphatic carbocycles. The van der Waals surface area contributed by atoms with Gasteiger partial charge in [0, 0.05) is 24.0 Å². The maximum absolute atomic E-state index is 12.7. The Kier molecular flexibility index (Phi) is 4.80. The smallest absolute Gasteiger partial charge is 0.330 e. The van der Waals surface area contributed by atoms with Gasteiger partial charge >= 0.3 is 5.97 Å². The maximum Gasteiger partial charge on any atom is 0.330 e. The third-order valence-electron chi connectivity index (χ3n) is 5.10. The molecular formula is C18H25NO4. The Hall–Kier alpha value is -1.88. The zero-order chi connectivity index (χ0) is 17.3. The molecule has 2 rings (SSSR count). The second-order valence-corrected chi connectivity index (χ2v) is 6.55. The number of amides is 1. The molecule has 2 N–H and O–H groups in total. The molecule has 2 unspecified atom stereocenters. The number of nitrogens with one attached hydrogen (secondary N) is 1. The van der Waals surface area contributed by atoms with Gasteiger partial charge in [-0.15, -0.1) is 0 Å². The standard InChI is InChI=1S/C18H25NO4/c1-5-12-9-7-8-10-13(12)15(20)19-18(16(21)22)11-14(23-6-2)17(18,3)4/h7-10,14H,5-6,11H2,1-4H3,(H,19,20)(H,21,22). The number of hydrogen-bond donors (Lipinski definition) is 2. The Morgan fingerprint density at radius 2 is 1.96 bits per heavy atom. The summed E-state index contributed by atoms with van der Waals surface area (Å²) in [6, 6.07) is 7.28. The van der Waals surface area contributed by atoms with E-state index in [-0.39, 0.29) is 18.4 Å². The number of carbonyl (C=O) groups excluding carboxylic acids is 1. The number of carboxylic acids is 1. The van der Waals surface area contributed by atoms with Crippen LogP contribution in [-0.2, 0) is 16.0 Å². The van der Waals surface area contributed by atoms with Crippen LogP contribution >= 0.6 is 0 Å². The second kappa shape index (κ2) is 6.32. The molecule has 1 aromatic carbocycles. The van der Waals surface area contributed by atoms with E-state index in [2.05, 4.69) is 5.32 Å². The molecule has 2 atom stereocenters. The van der Waals surface area contributed by atoms with Crippen LogP contribution in [0.4, 0.5) is 0 Å². The summed E-state index contributed by atoms with van der Waals surface area (Å²) in [5, 5.41) is 12.5. The predicted octanol–water partition coefficient (Wildman–Crippen LogP) is 2.64. The fourth-order valence-electron chi connectivity index (χ4n) is 3.35. The van der Waals surface area contributed by atoms with Gasteiger partial charge in [-0.3, -0.25) is 4.79 Å². The average molecular weight is 319 g/mol. The zero-order valence-corrected chi connectivity index (χ0v) is 14.2. The lowest BCUT2D eigenvalue weighted by Gasteiger charge is -2.58. The fourth-order valence-corrected chi connectivity index (χ4v) is 3.35. The average Bonchev–Trinajstić information content (AvgIpc) is 2.53. The highest BCUT2D eigenvalue weighted by atomic mass is 16.5. The fraction of sp³-hybridized carbons (Fsp3) is 0.556. The topological polar surface area (TPSA) is 75.6 Å². The van der Waals surface area contributed by atoms with Gasteiger partial charge in [0.2, 0.25) is 0 Å². The predicted molar refractivity (Wildman–Crippen MR) is 87.5 cm³/mol. The molecule has 1 fully saturated rings. The monoisotopic (exact) mass is 319 g/mol. The summed E-state index contributed by atoms with van der Waals surface area (Å²) in [5.41, 5.74) is -0.536. The molecule has 1 amide bonds. The maximum atomic E-state index is 12.7. The van der Waals surface area contributed by atoms with E-state index in [4.69, 9.17) is 4.74 Å². The van der Waals surface area contributed by atoms with Gasteiger partial charge in [0.05, 0.1) is 6.10 Å². The highest BCUT2D eigenvalue weighted by molar-refractivity contribution is 5.99. The molecule has 23 heavy (non-hydrogen) atoms. The van der Waals surface area contributed by atoms with Crippen molar-refractivity contribution < 1.29 is 19.4 Å². The van der Waals surface area contributed by atoms with Crippen LogP contribution in [-0.4, -0.2) is 35.2 Å². The van der Waals surface area contributed by atoms with E-state index >= 15 is 0 Å². The van der Waals surface area contributed by atoms with E-state index in [1.165, 1.54) is 0 Å². The summed E-state index contributed by atoms with van der Waals surface area (Å²) >= 11 is 0. The largest absolute Gasteiger partial charge is 0.479 e. The van der Waals surface area contributed by atoms with E-state index in [0.717, 1.165) is 5.56 Å². The minimum atomic E-state index is -1.30. The van der Waals surface area contributed by atoms with Gasteiger partial charge in [-0.25, -0.2) is 4.79 Å². The van der Waals surface area contributed by atoms with Crippen LogP contribution in [0.3, 0.4) is 0 Å². The van der Waals surface area contributed by atoms with Crippen molar-refractivity contribution >= 4 is 11.9 Å². The SMILES string of the molecule is CCOC1CC(NC(=O)c2ccccc2CC)(C(=O)O)C1(C)C. The van der Waals surface area contributed by atoms with Crippen LogP contribution in [0, 0.1) is 5.41 Å². The van der Waals surface area contributed by atoms with Crippen molar-refractivity contribution in [1.82, 2.24) is 5.32 Å². The molecule has 0 aliphatic heterocycles. The van der Waals surface area contributed by atoms with Crippen LogP contribution in [0.1, 0.15) is 50.0 Å². The number of aryl methyl sites for hydroxylation is 1. The highest BCUT2D eigenvalue weighted by Gasteiger charge is 2.66. The number of aliphatic carboxylic acids is 1. The molecule has 1 aromatic rings. The zero-order valence-electron chi connectivity index (χ0n) is 14.2. The molecule has 126 valence electrons. The molecular weight excluding hydrogens is 294 g/mol. The molecule has 0 heterocycles. The second-order valence-electron chi connectivity index (χ2n) is 6.55. The van der Waals surface area contributed by atoms with Crippen molar-refractivity contribution in [2.75, 3.05) is 6.61 Å². The van der Waals surface area contributed by atoms with Crippen molar-refractivity contribution in [2.24, 2.45) is 5.41 Å². The molecule has 0 spiro atoms. The quantitative estimate of drug-likeness (QED) is 0.845. The Bertz CT molecular complexity index is 611. The number of hydrogen-bond acceptors (Lipinski definition) is 3. The van der Waals surface area contributed by atoms with Gasteiger partial charge in [-0.05, 0) is 25.0 Å². The first kappa shape index (κ1) is 17.5. The lowest BCUT2D eigenvalue weighted by Crippen LogP contribution is -2.76. The molecule has 5 nitrogen and oxygen atoms in total. The van der Waals surface area contributed by atoms with Crippen LogP contribution in [0.2, 0.25) is 0 Å². The minimum Gasteiger partial charge on any atom is -0.479 e.